The number of rotatable bonds is 6. The first-order valence-corrected chi connectivity index (χ1v) is 6.60. The molecule has 5 nitrogen and oxygen atoms in total. The van der Waals surface area contributed by atoms with E-state index < -0.39 is 0 Å². The maximum atomic E-state index is 11.7. The Bertz CT molecular complexity index is 424. The van der Waals surface area contributed by atoms with Crippen LogP contribution in [0, 0.1) is 0 Å². The number of amides is 2. The van der Waals surface area contributed by atoms with Crippen LogP contribution >= 0.6 is 15.9 Å². The summed E-state index contributed by atoms with van der Waals surface area (Å²) in [7, 11) is 0. The molecule has 1 heterocycles. The van der Waals surface area contributed by atoms with Gasteiger partial charge in [-0.25, -0.2) is 4.98 Å². The number of halogens is 1. The average Bonchev–Trinajstić information content (AvgIpc) is 2.36. The molecule has 0 saturated heterocycles. The van der Waals surface area contributed by atoms with Crippen LogP contribution < -0.4 is 10.6 Å². The van der Waals surface area contributed by atoms with Crippen molar-refractivity contribution >= 4 is 27.7 Å². The third-order valence-corrected chi connectivity index (χ3v) is 2.82. The van der Waals surface area contributed by atoms with E-state index in [0.29, 0.717) is 23.3 Å². The number of nitrogens with one attached hydrogen (secondary N) is 2. The molecule has 98 valence electrons. The molecule has 0 aliphatic rings. The summed E-state index contributed by atoms with van der Waals surface area (Å²) in [5, 5.41) is 5.40. The standard InChI is InChI=1S/C12H16BrN3O2/c1-2-6-14-10(17)5-8-16-12(18)11-9(13)4-3-7-15-11/h3-4,7H,2,5-6,8H2,1H3,(H,14,17)(H,16,18). The fraction of sp³-hybridized carbons (Fsp3) is 0.417. The lowest BCUT2D eigenvalue weighted by Crippen LogP contribution is -2.31. The molecular weight excluding hydrogens is 298 g/mol. The van der Waals surface area contributed by atoms with E-state index in [1.165, 1.54) is 0 Å². The van der Waals surface area contributed by atoms with Crippen molar-refractivity contribution in [1.82, 2.24) is 15.6 Å². The highest BCUT2D eigenvalue weighted by Gasteiger charge is 2.10. The Labute approximate surface area is 114 Å². The molecule has 0 atom stereocenters. The zero-order valence-electron chi connectivity index (χ0n) is 10.2. The van der Waals surface area contributed by atoms with Gasteiger partial charge in [0.15, 0.2) is 0 Å². The lowest BCUT2D eigenvalue weighted by Gasteiger charge is -2.06. The van der Waals surface area contributed by atoms with E-state index >= 15 is 0 Å². The molecule has 0 unspecified atom stereocenters. The number of carbonyl (C=O) groups excluding carboxylic acids is 2. The fourth-order valence-electron chi connectivity index (χ4n) is 1.28. The molecule has 1 aromatic heterocycles. The normalized spacial score (nSPS) is 9.89. The minimum atomic E-state index is -0.286. The summed E-state index contributed by atoms with van der Waals surface area (Å²) in [4.78, 5) is 27.0. The average molecular weight is 314 g/mol. The molecule has 1 rings (SSSR count). The van der Waals surface area contributed by atoms with Gasteiger partial charge in [0.1, 0.15) is 5.69 Å². The smallest absolute Gasteiger partial charge is 0.271 e. The minimum Gasteiger partial charge on any atom is -0.356 e. The highest BCUT2D eigenvalue weighted by Crippen LogP contribution is 2.12. The van der Waals surface area contributed by atoms with Crippen LogP contribution in [-0.2, 0) is 4.79 Å². The SMILES string of the molecule is CCCNC(=O)CCNC(=O)c1ncccc1Br. The van der Waals surface area contributed by atoms with Gasteiger partial charge in [0.25, 0.3) is 5.91 Å². The van der Waals surface area contributed by atoms with Crippen molar-refractivity contribution in [3.8, 4) is 0 Å². The van der Waals surface area contributed by atoms with Gasteiger partial charge in [0, 0.05) is 30.2 Å². The summed E-state index contributed by atoms with van der Waals surface area (Å²) < 4.78 is 0.637. The van der Waals surface area contributed by atoms with E-state index in [1.807, 2.05) is 6.92 Å². The maximum absolute atomic E-state index is 11.7. The van der Waals surface area contributed by atoms with Gasteiger partial charge in [-0.05, 0) is 34.5 Å². The first kappa shape index (κ1) is 14.6. The molecule has 0 saturated carbocycles. The van der Waals surface area contributed by atoms with Crippen molar-refractivity contribution in [2.45, 2.75) is 19.8 Å². The van der Waals surface area contributed by atoms with Gasteiger partial charge in [0.2, 0.25) is 5.91 Å². The summed E-state index contributed by atoms with van der Waals surface area (Å²) in [5.74, 6) is -0.344. The first-order valence-electron chi connectivity index (χ1n) is 5.80. The Morgan fingerprint density at radius 3 is 2.78 bits per heavy atom. The number of hydrogen-bond donors (Lipinski definition) is 2. The van der Waals surface area contributed by atoms with Crippen LogP contribution in [0.3, 0.4) is 0 Å². The molecule has 2 N–H and O–H groups in total. The van der Waals surface area contributed by atoms with Crippen LogP contribution in [-0.4, -0.2) is 29.9 Å². The molecule has 18 heavy (non-hydrogen) atoms. The van der Waals surface area contributed by atoms with Gasteiger partial charge in [-0.1, -0.05) is 6.92 Å². The summed E-state index contributed by atoms with van der Waals surface area (Å²) in [6, 6.07) is 3.48. The minimum absolute atomic E-state index is 0.0581. The second-order valence-electron chi connectivity index (χ2n) is 3.69. The molecule has 0 spiro atoms. The molecule has 0 aromatic carbocycles. The Morgan fingerprint density at radius 1 is 1.33 bits per heavy atom. The molecule has 1 aromatic rings. The zero-order chi connectivity index (χ0) is 13.4. The lowest BCUT2D eigenvalue weighted by atomic mass is 10.3. The molecule has 0 radical (unpaired) electrons. The molecule has 0 bridgehead atoms. The zero-order valence-corrected chi connectivity index (χ0v) is 11.8. The molecule has 0 fully saturated rings. The number of carbonyl (C=O) groups is 2. The van der Waals surface area contributed by atoms with Crippen molar-refractivity contribution < 1.29 is 9.59 Å². The van der Waals surface area contributed by atoms with Crippen LogP contribution in [0.4, 0.5) is 0 Å². The quantitative estimate of drug-likeness (QED) is 0.836. The Balaban J connectivity index is 2.34. The molecule has 2 amide bonds. The fourth-order valence-corrected chi connectivity index (χ4v) is 1.71. The van der Waals surface area contributed by atoms with Gasteiger partial charge < -0.3 is 10.6 Å². The summed E-state index contributed by atoms with van der Waals surface area (Å²) in [5.41, 5.74) is 0.325. The van der Waals surface area contributed by atoms with Crippen molar-refractivity contribution in [2.24, 2.45) is 0 Å². The second kappa shape index (κ2) is 7.81. The highest BCUT2D eigenvalue weighted by molar-refractivity contribution is 9.10. The third-order valence-electron chi connectivity index (χ3n) is 2.18. The molecule has 6 heteroatoms. The summed E-state index contributed by atoms with van der Waals surface area (Å²) in [6.45, 7) is 2.95. The summed E-state index contributed by atoms with van der Waals surface area (Å²) in [6.07, 6.45) is 2.73. The first-order chi connectivity index (χ1) is 8.65. The Kier molecular flexibility index (Phi) is 6.35. The van der Waals surface area contributed by atoms with Crippen LogP contribution in [0.25, 0.3) is 0 Å². The van der Waals surface area contributed by atoms with Crippen molar-refractivity contribution in [2.75, 3.05) is 13.1 Å². The molecular formula is C12H16BrN3O2. The van der Waals surface area contributed by atoms with Gasteiger partial charge in [0.05, 0.1) is 0 Å². The van der Waals surface area contributed by atoms with Crippen molar-refractivity contribution in [3.05, 3.63) is 28.5 Å². The number of aromatic nitrogens is 1. The second-order valence-corrected chi connectivity index (χ2v) is 4.54. The Morgan fingerprint density at radius 2 is 2.11 bits per heavy atom. The van der Waals surface area contributed by atoms with Gasteiger partial charge in [-0.15, -0.1) is 0 Å². The molecule has 0 aliphatic heterocycles. The van der Waals surface area contributed by atoms with E-state index in [9.17, 15) is 9.59 Å². The van der Waals surface area contributed by atoms with E-state index in [4.69, 9.17) is 0 Å². The predicted octanol–water partition coefficient (Wildman–Crippen LogP) is 1.49. The van der Waals surface area contributed by atoms with E-state index in [2.05, 4.69) is 31.5 Å². The number of pyridine rings is 1. The van der Waals surface area contributed by atoms with Crippen molar-refractivity contribution in [1.29, 1.82) is 0 Å². The van der Waals surface area contributed by atoms with E-state index in [0.717, 1.165) is 6.42 Å². The maximum Gasteiger partial charge on any atom is 0.271 e. The van der Waals surface area contributed by atoms with Gasteiger partial charge in [-0.2, -0.15) is 0 Å². The largest absolute Gasteiger partial charge is 0.356 e. The monoisotopic (exact) mass is 313 g/mol. The summed E-state index contributed by atoms with van der Waals surface area (Å²) >= 11 is 3.25. The van der Waals surface area contributed by atoms with E-state index in [-0.39, 0.29) is 18.2 Å². The van der Waals surface area contributed by atoms with E-state index in [1.54, 1.807) is 18.3 Å². The number of hydrogen-bond acceptors (Lipinski definition) is 3. The van der Waals surface area contributed by atoms with Crippen LogP contribution in [0.1, 0.15) is 30.3 Å². The van der Waals surface area contributed by atoms with Crippen LogP contribution in [0.15, 0.2) is 22.8 Å². The van der Waals surface area contributed by atoms with Gasteiger partial charge in [-0.3, -0.25) is 9.59 Å². The third kappa shape index (κ3) is 4.83. The topological polar surface area (TPSA) is 71.1 Å². The lowest BCUT2D eigenvalue weighted by molar-refractivity contribution is -0.120. The van der Waals surface area contributed by atoms with Crippen LogP contribution in [0.2, 0.25) is 0 Å². The Hall–Kier alpha value is -1.43. The number of nitrogens with zero attached hydrogens (tertiary/aromatic N) is 1. The van der Waals surface area contributed by atoms with Gasteiger partial charge >= 0.3 is 0 Å². The molecule has 0 aliphatic carbocycles. The highest BCUT2D eigenvalue weighted by atomic mass is 79.9. The predicted molar refractivity (Wildman–Crippen MR) is 72.2 cm³/mol. The van der Waals surface area contributed by atoms with Crippen molar-refractivity contribution in [3.63, 3.8) is 0 Å². The van der Waals surface area contributed by atoms with Crippen LogP contribution in [0.5, 0.6) is 0 Å².